The Balaban J connectivity index is 1.86. The van der Waals surface area contributed by atoms with Crippen molar-refractivity contribution in [1.82, 2.24) is 24.5 Å². The van der Waals surface area contributed by atoms with Crippen LogP contribution in [0.2, 0.25) is 0 Å². The first-order chi connectivity index (χ1) is 12.6. The summed E-state index contributed by atoms with van der Waals surface area (Å²) >= 11 is 3.29. The standard InChI is InChI=1S/C16H10BrN7O2/c17-10-5-6-13(18-7-10)22-15-14(24(25)26)16(20-8-19-15)23-9-21-11-3-1-2-4-12(11)23/h1-9H,(H,18,19,20,22). The Morgan fingerprint density at radius 3 is 2.69 bits per heavy atom. The van der Waals surface area contributed by atoms with E-state index in [1.165, 1.54) is 12.7 Å². The van der Waals surface area contributed by atoms with E-state index < -0.39 is 4.92 Å². The molecule has 0 atom stereocenters. The first-order valence-electron chi connectivity index (χ1n) is 7.44. The van der Waals surface area contributed by atoms with Crippen molar-refractivity contribution in [2.24, 2.45) is 0 Å². The molecular formula is C16H10BrN7O2. The molecule has 0 spiro atoms. The molecule has 0 amide bonds. The molecule has 3 aromatic heterocycles. The number of aromatic nitrogens is 5. The predicted octanol–water partition coefficient (Wildman–Crippen LogP) is 3.62. The minimum Gasteiger partial charge on any atom is -0.319 e. The van der Waals surface area contributed by atoms with E-state index in [9.17, 15) is 10.1 Å². The van der Waals surface area contributed by atoms with Crippen LogP contribution in [0.5, 0.6) is 0 Å². The summed E-state index contributed by atoms with van der Waals surface area (Å²) in [5.41, 5.74) is 1.16. The normalized spacial score (nSPS) is 10.8. The van der Waals surface area contributed by atoms with Gasteiger partial charge in [-0.3, -0.25) is 14.7 Å². The molecule has 0 aliphatic rings. The zero-order valence-corrected chi connectivity index (χ0v) is 14.7. The zero-order chi connectivity index (χ0) is 18.1. The van der Waals surface area contributed by atoms with Crippen LogP contribution >= 0.6 is 15.9 Å². The van der Waals surface area contributed by atoms with Gasteiger partial charge in [-0.1, -0.05) is 12.1 Å². The first-order valence-corrected chi connectivity index (χ1v) is 8.23. The Hall–Kier alpha value is -3.40. The number of hydrogen-bond donors (Lipinski definition) is 1. The van der Waals surface area contributed by atoms with Gasteiger partial charge in [0.25, 0.3) is 0 Å². The third-order valence-electron chi connectivity index (χ3n) is 3.64. The third-order valence-corrected chi connectivity index (χ3v) is 4.11. The third kappa shape index (κ3) is 2.86. The molecule has 0 saturated carbocycles. The second kappa shape index (κ2) is 6.48. The highest BCUT2D eigenvalue weighted by atomic mass is 79.9. The van der Waals surface area contributed by atoms with E-state index in [1.807, 2.05) is 24.3 Å². The van der Waals surface area contributed by atoms with Crippen molar-refractivity contribution in [2.75, 3.05) is 5.32 Å². The zero-order valence-electron chi connectivity index (χ0n) is 13.1. The van der Waals surface area contributed by atoms with Crippen molar-refractivity contribution in [3.05, 3.63) is 69.8 Å². The lowest BCUT2D eigenvalue weighted by Gasteiger charge is -2.09. The molecule has 0 bridgehead atoms. The van der Waals surface area contributed by atoms with Gasteiger partial charge in [0.05, 0.1) is 16.0 Å². The van der Waals surface area contributed by atoms with Gasteiger partial charge in [0.15, 0.2) is 0 Å². The number of anilines is 2. The van der Waals surface area contributed by atoms with E-state index in [4.69, 9.17) is 0 Å². The molecule has 4 rings (SSSR count). The number of imidazole rings is 1. The number of halogens is 1. The predicted molar refractivity (Wildman–Crippen MR) is 98.5 cm³/mol. The minimum atomic E-state index is -0.523. The van der Waals surface area contributed by atoms with Gasteiger partial charge in [0, 0.05) is 10.7 Å². The molecule has 26 heavy (non-hydrogen) atoms. The topological polar surface area (TPSA) is 112 Å². The van der Waals surface area contributed by atoms with Gasteiger partial charge >= 0.3 is 5.69 Å². The van der Waals surface area contributed by atoms with Gasteiger partial charge in [0.1, 0.15) is 18.5 Å². The largest absolute Gasteiger partial charge is 0.354 e. The van der Waals surface area contributed by atoms with Gasteiger partial charge < -0.3 is 5.32 Å². The highest BCUT2D eigenvalue weighted by molar-refractivity contribution is 9.10. The monoisotopic (exact) mass is 411 g/mol. The molecule has 0 radical (unpaired) electrons. The summed E-state index contributed by atoms with van der Waals surface area (Å²) in [6.07, 6.45) is 4.35. The molecule has 0 fully saturated rings. The van der Waals surface area contributed by atoms with Crippen LogP contribution in [0.3, 0.4) is 0 Å². The highest BCUT2D eigenvalue weighted by Gasteiger charge is 2.25. The number of benzene rings is 1. The molecule has 9 nitrogen and oxygen atoms in total. The van der Waals surface area contributed by atoms with Crippen LogP contribution in [0.4, 0.5) is 17.3 Å². The summed E-state index contributed by atoms with van der Waals surface area (Å²) in [7, 11) is 0. The molecule has 3 heterocycles. The average molecular weight is 412 g/mol. The van der Waals surface area contributed by atoms with Gasteiger partial charge in [0.2, 0.25) is 11.6 Å². The second-order valence-electron chi connectivity index (χ2n) is 5.24. The fourth-order valence-electron chi connectivity index (χ4n) is 2.50. The van der Waals surface area contributed by atoms with Crippen LogP contribution in [0.15, 0.2) is 59.7 Å². The van der Waals surface area contributed by atoms with Crippen LogP contribution in [0.1, 0.15) is 0 Å². The molecule has 0 saturated heterocycles. The number of nitrogens with one attached hydrogen (secondary N) is 1. The molecular weight excluding hydrogens is 402 g/mol. The van der Waals surface area contributed by atoms with Crippen LogP contribution in [-0.2, 0) is 0 Å². The SMILES string of the molecule is O=[N+]([O-])c1c(Nc2ccc(Br)cn2)ncnc1-n1cnc2ccccc21. The van der Waals surface area contributed by atoms with E-state index in [0.717, 1.165) is 4.47 Å². The summed E-state index contributed by atoms with van der Waals surface area (Å²) in [6, 6.07) is 10.8. The quantitative estimate of drug-likeness (QED) is 0.402. The number of nitrogens with zero attached hydrogens (tertiary/aromatic N) is 6. The van der Waals surface area contributed by atoms with E-state index in [1.54, 1.807) is 22.9 Å². The van der Waals surface area contributed by atoms with Crippen molar-refractivity contribution >= 4 is 44.3 Å². The van der Waals surface area contributed by atoms with Crippen molar-refractivity contribution < 1.29 is 4.92 Å². The number of fused-ring (bicyclic) bond motifs is 1. The Kier molecular flexibility index (Phi) is 4.01. The van der Waals surface area contributed by atoms with Crippen LogP contribution in [0.25, 0.3) is 16.9 Å². The van der Waals surface area contributed by atoms with E-state index in [2.05, 4.69) is 41.2 Å². The average Bonchev–Trinajstić information content (AvgIpc) is 3.07. The van der Waals surface area contributed by atoms with Crippen LogP contribution in [-0.4, -0.2) is 29.4 Å². The van der Waals surface area contributed by atoms with Crippen LogP contribution < -0.4 is 5.32 Å². The van der Waals surface area contributed by atoms with Gasteiger partial charge in [-0.15, -0.1) is 0 Å². The maximum Gasteiger partial charge on any atom is 0.354 e. The number of para-hydroxylation sites is 2. The number of hydrogen-bond acceptors (Lipinski definition) is 7. The second-order valence-corrected chi connectivity index (χ2v) is 6.16. The summed E-state index contributed by atoms with van der Waals surface area (Å²) in [4.78, 5) is 27.8. The molecule has 128 valence electrons. The van der Waals surface area contributed by atoms with Crippen molar-refractivity contribution in [3.8, 4) is 5.82 Å². The van der Waals surface area contributed by atoms with E-state index in [0.29, 0.717) is 16.9 Å². The lowest BCUT2D eigenvalue weighted by Crippen LogP contribution is -2.07. The van der Waals surface area contributed by atoms with Gasteiger partial charge in [-0.2, -0.15) is 0 Å². The summed E-state index contributed by atoms with van der Waals surface area (Å²) in [5.74, 6) is 0.599. The summed E-state index contributed by atoms with van der Waals surface area (Å²) in [6.45, 7) is 0. The highest BCUT2D eigenvalue weighted by Crippen LogP contribution is 2.31. The molecule has 0 aliphatic carbocycles. The number of nitro groups is 1. The Morgan fingerprint density at radius 1 is 1.08 bits per heavy atom. The number of rotatable bonds is 4. The summed E-state index contributed by atoms with van der Waals surface area (Å²) < 4.78 is 2.36. The van der Waals surface area contributed by atoms with E-state index >= 15 is 0 Å². The van der Waals surface area contributed by atoms with Crippen LogP contribution in [0, 0.1) is 10.1 Å². The molecule has 1 aromatic carbocycles. The van der Waals surface area contributed by atoms with Crippen molar-refractivity contribution in [1.29, 1.82) is 0 Å². The minimum absolute atomic E-state index is 0.0487. The molecule has 0 aliphatic heterocycles. The lowest BCUT2D eigenvalue weighted by atomic mass is 10.3. The van der Waals surface area contributed by atoms with E-state index in [-0.39, 0.29) is 17.3 Å². The maximum absolute atomic E-state index is 11.7. The first kappa shape index (κ1) is 16.1. The molecule has 10 heteroatoms. The lowest BCUT2D eigenvalue weighted by molar-refractivity contribution is -0.384. The smallest absolute Gasteiger partial charge is 0.319 e. The van der Waals surface area contributed by atoms with Gasteiger partial charge in [-0.25, -0.2) is 19.9 Å². The van der Waals surface area contributed by atoms with Crippen molar-refractivity contribution in [3.63, 3.8) is 0 Å². The summed E-state index contributed by atoms with van der Waals surface area (Å²) in [5, 5.41) is 14.6. The van der Waals surface area contributed by atoms with Gasteiger partial charge in [-0.05, 0) is 40.2 Å². The fraction of sp³-hybridized carbons (Fsp3) is 0. The molecule has 4 aromatic rings. The Morgan fingerprint density at radius 2 is 1.92 bits per heavy atom. The Bertz CT molecular complexity index is 1110. The number of pyridine rings is 1. The Labute approximate surface area is 155 Å². The molecule has 0 unspecified atom stereocenters. The molecule has 1 N–H and O–H groups in total. The maximum atomic E-state index is 11.7. The fourth-order valence-corrected chi connectivity index (χ4v) is 2.74. The van der Waals surface area contributed by atoms with Crippen molar-refractivity contribution in [2.45, 2.75) is 0 Å².